The molecule has 1 aromatic carbocycles. The second-order valence-corrected chi connectivity index (χ2v) is 5.52. The van der Waals surface area contributed by atoms with Gasteiger partial charge in [-0.15, -0.1) is 0 Å². The Bertz CT molecular complexity index is 694. The molecule has 0 unspecified atom stereocenters. The van der Waals surface area contributed by atoms with E-state index in [1.165, 1.54) is 0 Å². The van der Waals surface area contributed by atoms with E-state index in [-0.39, 0.29) is 5.69 Å². The Morgan fingerprint density at radius 2 is 2.25 bits per heavy atom. The van der Waals surface area contributed by atoms with E-state index >= 15 is 0 Å². The molecule has 0 amide bonds. The number of ether oxygens (including phenoxy) is 1. The van der Waals surface area contributed by atoms with Crippen molar-refractivity contribution in [3.63, 3.8) is 0 Å². The molecule has 3 rings (SSSR count). The van der Waals surface area contributed by atoms with Gasteiger partial charge >= 0.3 is 5.97 Å². The van der Waals surface area contributed by atoms with Gasteiger partial charge < -0.3 is 9.84 Å². The monoisotopic (exact) mass is 336 g/mol. The van der Waals surface area contributed by atoms with Gasteiger partial charge in [0, 0.05) is 17.3 Å². The van der Waals surface area contributed by atoms with Crippen molar-refractivity contribution in [1.82, 2.24) is 9.78 Å². The van der Waals surface area contributed by atoms with Gasteiger partial charge in [-0.25, -0.2) is 9.48 Å². The molecule has 1 N–H and O–H groups in total. The van der Waals surface area contributed by atoms with Crippen LogP contribution in [0.25, 0.3) is 5.69 Å². The van der Waals surface area contributed by atoms with Crippen LogP contribution in [0.1, 0.15) is 28.2 Å². The molecule has 20 heavy (non-hydrogen) atoms. The number of hydrogen-bond donors (Lipinski definition) is 1. The van der Waals surface area contributed by atoms with Crippen molar-refractivity contribution in [2.75, 3.05) is 7.11 Å². The highest BCUT2D eigenvalue weighted by Crippen LogP contribution is 2.31. The predicted molar refractivity (Wildman–Crippen MR) is 76.8 cm³/mol. The minimum Gasteiger partial charge on any atom is -0.495 e. The molecular weight excluding hydrogens is 324 g/mol. The molecule has 2 aromatic rings. The SMILES string of the molecule is COc1cc(-n2nc(C(=O)O)c3c2CCC3)ccc1Br. The molecule has 0 saturated heterocycles. The molecule has 0 bridgehead atoms. The average molecular weight is 337 g/mol. The summed E-state index contributed by atoms with van der Waals surface area (Å²) in [5.41, 5.74) is 2.83. The van der Waals surface area contributed by atoms with Crippen molar-refractivity contribution < 1.29 is 14.6 Å². The summed E-state index contributed by atoms with van der Waals surface area (Å²) in [6.07, 6.45) is 2.61. The van der Waals surface area contributed by atoms with Crippen LogP contribution in [0.2, 0.25) is 0 Å². The summed E-state index contributed by atoms with van der Waals surface area (Å²) < 4.78 is 7.85. The zero-order chi connectivity index (χ0) is 14.3. The van der Waals surface area contributed by atoms with E-state index in [2.05, 4.69) is 21.0 Å². The zero-order valence-electron chi connectivity index (χ0n) is 10.9. The maximum atomic E-state index is 11.3. The number of benzene rings is 1. The summed E-state index contributed by atoms with van der Waals surface area (Å²) in [6, 6.07) is 5.61. The first-order valence-electron chi connectivity index (χ1n) is 6.30. The van der Waals surface area contributed by atoms with Crippen LogP contribution in [0.4, 0.5) is 0 Å². The maximum Gasteiger partial charge on any atom is 0.356 e. The van der Waals surface area contributed by atoms with Gasteiger partial charge in [0.15, 0.2) is 5.69 Å². The third-order valence-corrected chi connectivity index (χ3v) is 4.17. The normalized spacial score (nSPS) is 13.3. The van der Waals surface area contributed by atoms with Gasteiger partial charge in [0.05, 0.1) is 17.3 Å². The van der Waals surface area contributed by atoms with Gasteiger partial charge in [-0.1, -0.05) is 0 Å². The van der Waals surface area contributed by atoms with E-state index in [1.54, 1.807) is 11.8 Å². The van der Waals surface area contributed by atoms with Gasteiger partial charge in [0.1, 0.15) is 5.75 Å². The third-order valence-electron chi connectivity index (χ3n) is 3.51. The van der Waals surface area contributed by atoms with Gasteiger partial charge in [-0.05, 0) is 47.3 Å². The van der Waals surface area contributed by atoms with Crippen molar-refractivity contribution in [1.29, 1.82) is 0 Å². The predicted octanol–water partition coefficient (Wildman–Crippen LogP) is 2.83. The number of rotatable bonds is 3. The number of hydrogen-bond acceptors (Lipinski definition) is 3. The topological polar surface area (TPSA) is 64.4 Å². The highest BCUT2D eigenvalue weighted by atomic mass is 79.9. The number of aromatic carboxylic acids is 1. The Hall–Kier alpha value is -1.82. The molecule has 0 spiro atoms. The van der Waals surface area contributed by atoms with Crippen molar-refractivity contribution in [3.8, 4) is 11.4 Å². The first-order valence-corrected chi connectivity index (χ1v) is 7.09. The maximum absolute atomic E-state index is 11.3. The van der Waals surface area contributed by atoms with E-state index in [1.807, 2.05) is 18.2 Å². The number of carboxylic acid groups (broad SMARTS) is 1. The van der Waals surface area contributed by atoms with Gasteiger partial charge in [-0.3, -0.25) is 0 Å². The second-order valence-electron chi connectivity index (χ2n) is 4.66. The van der Waals surface area contributed by atoms with E-state index in [0.717, 1.165) is 40.7 Å². The summed E-state index contributed by atoms with van der Waals surface area (Å²) in [5.74, 6) is -0.271. The summed E-state index contributed by atoms with van der Waals surface area (Å²) in [6.45, 7) is 0. The molecule has 6 heteroatoms. The fourth-order valence-corrected chi connectivity index (χ4v) is 3.01. The van der Waals surface area contributed by atoms with Gasteiger partial charge in [-0.2, -0.15) is 5.10 Å². The quantitative estimate of drug-likeness (QED) is 0.935. The Labute approximate surface area is 124 Å². The Kier molecular flexibility index (Phi) is 3.25. The number of nitrogens with zero attached hydrogens (tertiary/aromatic N) is 2. The van der Waals surface area contributed by atoms with Crippen LogP contribution in [0.3, 0.4) is 0 Å². The third kappa shape index (κ3) is 2.00. The standard InChI is InChI=1S/C14H13BrN2O3/c1-20-12-7-8(5-6-10(12)15)17-11-4-2-3-9(11)13(16-17)14(18)19/h5-7H,2-4H2,1H3,(H,18,19). The summed E-state index contributed by atoms with van der Waals surface area (Å²) in [5, 5.41) is 13.5. The lowest BCUT2D eigenvalue weighted by Crippen LogP contribution is -2.04. The summed E-state index contributed by atoms with van der Waals surface area (Å²) in [7, 11) is 1.60. The number of halogens is 1. The molecule has 1 aromatic heterocycles. The van der Waals surface area contributed by atoms with E-state index in [9.17, 15) is 9.90 Å². The van der Waals surface area contributed by atoms with Gasteiger partial charge in [0.25, 0.3) is 0 Å². The number of carboxylic acids is 1. The Morgan fingerprint density at radius 1 is 1.45 bits per heavy atom. The number of aromatic nitrogens is 2. The van der Waals surface area contributed by atoms with Crippen LogP contribution in [-0.4, -0.2) is 28.0 Å². The number of methoxy groups -OCH3 is 1. The van der Waals surface area contributed by atoms with E-state index in [0.29, 0.717) is 5.75 Å². The summed E-state index contributed by atoms with van der Waals surface area (Å²) >= 11 is 3.41. The lowest BCUT2D eigenvalue weighted by molar-refractivity contribution is 0.0689. The van der Waals surface area contributed by atoms with Crippen LogP contribution in [0.5, 0.6) is 5.75 Å². The Morgan fingerprint density at radius 3 is 2.95 bits per heavy atom. The summed E-state index contributed by atoms with van der Waals surface area (Å²) in [4.78, 5) is 11.3. The molecule has 0 fully saturated rings. The number of fused-ring (bicyclic) bond motifs is 1. The minimum absolute atomic E-state index is 0.166. The first-order chi connectivity index (χ1) is 9.61. The largest absolute Gasteiger partial charge is 0.495 e. The molecule has 104 valence electrons. The van der Waals surface area contributed by atoms with Crippen LogP contribution in [0.15, 0.2) is 22.7 Å². The lowest BCUT2D eigenvalue weighted by Gasteiger charge is -2.09. The van der Waals surface area contributed by atoms with E-state index < -0.39 is 5.97 Å². The van der Waals surface area contributed by atoms with Gasteiger partial charge in [0.2, 0.25) is 0 Å². The van der Waals surface area contributed by atoms with Crippen LogP contribution in [0, 0.1) is 0 Å². The average Bonchev–Trinajstić information content (AvgIpc) is 3.00. The highest BCUT2D eigenvalue weighted by Gasteiger charge is 2.26. The molecule has 0 aliphatic heterocycles. The highest BCUT2D eigenvalue weighted by molar-refractivity contribution is 9.10. The molecular formula is C14H13BrN2O3. The molecule has 0 radical (unpaired) electrons. The molecule has 1 aliphatic carbocycles. The molecule has 1 heterocycles. The van der Waals surface area contributed by atoms with Crippen LogP contribution >= 0.6 is 15.9 Å². The first kappa shape index (κ1) is 13.2. The van der Waals surface area contributed by atoms with Crippen LogP contribution in [-0.2, 0) is 12.8 Å². The molecule has 0 saturated carbocycles. The molecule has 5 nitrogen and oxygen atoms in total. The fourth-order valence-electron chi connectivity index (χ4n) is 2.60. The van der Waals surface area contributed by atoms with Crippen molar-refractivity contribution in [2.24, 2.45) is 0 Å². The van der Waals surface area contributed by atoms with Crippen molar-refractivity contribution >= 4 is 21.9 Å². The van der Waals surface area contributed by atoms with Crippen molar-refractivity contribution in [3.05, 3.63) is 39.6 Å². The zero-order valence-corrected chi connectivity index (χ0v) is 12.5. The minimum atomic E-state index is -0.967. The Balaban J connectivity index is 2.16. The van der Waals surface area contributed by atoms with Crippen molar-refractivity contribution in [2.45, 2.75) is 19.3 Å². The van der Waals surface area contributed by atoms with Crippen LogP contribution < -0.4 is 4.74 Å². The lowest BCUT2D eigenvalue weighted by atomic mass is 10.2. The second kappa shape index (κ2) is 4.94. The number of carbonyl (C=O) groups is 1. The van der Waals surface area contributed by atoms with E-state index in [4.69, 9.17) is 4.74 Å². The molecule has 1 aliphatic rings. The smallest absolute Gasteiger partial charge is 0.356 e. The fraction of sp³-hybridized carbons (Fsp3) is 0.286. The molecule has 0 atom stereocenters.